The van der Waals surface area contributed by atoms with Crippen molar-refractivity contribution in [3.05, 3.63) is 106 Å². The molecule has 0 atom stereocenters. The Morgan fingerprint density at radius 2 is 1.87 bits per heavy atom. The summed E-state index contributed by atoms with van der Waals surface area (Å²) in [5.74, 6) is 0.178. The van der Waals surface area contributed by atoms with Crippen LogP contribution in [0.5, 0.6) is 11.5 Å². The molecule has 0 fully saturated rings. The van der Waals surface area contributed by atoms with Crippen LogP contribution in [-0.4, -0.2) is 17.2 Å². The molecule has 3 rings (SSSR count). The minimum Gasteiger partial charge on any atom is -0.507 e. The normalized spacial score (nSPS) is 10.7. The topological polar surface area (TPSA) is 70.9 Å². The first-order valence-corrected chi connectivity index (χ1v) is 10.1. The molecule has 0 radical (unpaired) electrons. The van der Waals surface area contributed by atoms with Crippen LogP contribution in [0.1, 0.15) is 27.0 Å². The van der Waals surface area contributed by atoms with Crippen LogP contribution in [0.4, 0.5) is 0 Å². The SMILES string of the molecule is C=CCc1cccc(/C=N/NC(=O)c2ccccc2OCc2ccc(Br)cc2)c1O. The zero-order valence-electron chi connectivity index (χ0n) is 16.2. The van der Waals surface area contributed by atoms with Crippen molar-refractivity contribution in [1.29, 1.82) is 0 Å². The van der Waals surface area contributed by atoms with Crippen molar-refractivity contribution in [2.24, 2.45) is 5.10 Å². The summed E-state index contributed by atoms with van der Waals surface area (Å²) in [6.07, 6.45) is 3.66. The third kappa shape index (κ3) is 5.58. The highest BCUT2D eigenvalue weighted by Gasteiger charge is 2.12. The van der Waals surface area contributed by atoms with Gasteiger partial charge in [-0.2, -0.15) is 5.10 Å². The number of carbonyl (C=O) groups excluding carboxylic acids is 1. The molecule has 2 N–H and O–H groups in total. The van der Waals surface area contributed by atoms with Gasteiger partial charge in [0.25, 0.3) is 5.91 Å². The molecule has 0 aliphatic carbocycles. The number of ether oxygens (including phenoxy) is 1. The van der Waals surface area contributed by atoms with Crippen molar-refractivity contribution in [1.82, 2.24) is 5.43 Å². The number of halogens is 1. The molecule has 0 saturated heterocycles. The predicted molar refractivity (Wildman–Crippen MR) is 122 cm³/mol. The van der Waals surface area contributed by atoms with E-state index >= 15 is 0 Å². The fraction of sp³-hybridized carbons (Fsp3) is 0.0833. The number of phenols is 1. The molecule has 0 aliphatic rings. The number of phenolic OH excluding ortho intramolecular Hbond substituents is 1. The number of carbonyl (C=O) groups is 1. The molecule has 0 saturated carbocycles. The van der Waals surface area contributed by atoms with E-state index < -0.39 is 5.91 Å². The standard InChI is InChI=1S/C24H21BrN2O3/c1-2-6-18-7-5-8-19(23(18)28)15-26-27-24(29)21-9-3-4-10-22(21)30-16-17-11-13-20(25)14-12-17/h2-5,7-15,28H,1,6,16H2,(H,27,29)/b26-15+. The Kier molecular flexibility index (Phi) is 7.40. The van der Waals surface area contributed by atoms with Gasteiger partial charge in [-0.3, -0.25) is 4.79 Å². The largest absolute Gasteiger partial charge is 0.507 e. The van der Waals surface area contributed by atoms with Gasteiger partial charge in [-0.25, -0.2) is 5.43 Å². The number of nitrogens with zero attached hydrogens (tertiary/aromatic N) is 1. The number of rotatable bonds is 8. The first-order valence-electron chi connectivity index (χ1n) is 9.30. The molecule has 0 spiro atoms. The number of aromatic hydroxyl groups is 1. The monoisotopic (exact) mass is 464 g/mol. The minimum absolute atomic E-state index is 0.119. The highest BCUT2D eigenvalue weighted by Crippen LogP contribution is 2.22. The van der Waals surface area contributed by atoms with E-state index in [4.69, 9.17) is 4.74 Å². The highest BCUT2D eigenvalue weighted by atomic mass is 79.9. The molecule has 0 aliphatic heterocycles. The van der Waals surface area contributed by atoms with Gasteiger partial charge in [-0.1, -0.05) is 58.4 Å². The fourth-order valence-electron chi connectivity index (χ4n) is 2.78. The summed E-state index contributed by atoms with van der Waals surface area (Å²) >= 11 is 3.40. The lowest BCUT2D eigenvalue weighted by atomic mass is 10.1. The maximum Gasteiger partial charge on any atom is 0.275 e. The van der Waals surface area contributed by atoms with Crippen molar-refractivity contribution in [3.63, 3.8) is 0 Å². The number of hydrazone groups is 1. The van der Waals surface area contributed by atoms with Crippen molar-refractivity contribution < 1.29 is 14.6 Å². The van der Waals surface area contributed by atoms with Gasteiger partial charge >= 0.3 is 0 Å². The van der Waals surface area contributed by atoms with Crippen LogP contribution in [0, 0.1) is 0 Å². The Morgan fingerprint density at radius 1 is 1.10 bits per heavy atom. The summed E-state index contributed by atoms with van der Waals surface area (Å²) in [5.41, 5.74) is 5.10. The van der Waals surface area contributed by atoms with E-state index in [0.29, 0.717) is 29.9 Å². The summed E-state index contributed by atoms with van der Waals surface area (Å²) in [6, 6.07) is 20.1. The second-order valence-corrected chi connectivity index (χ2v) is 7.37. The summed E-state index contributed by atoms with van der Waals surface area (Å²) in [6.45, 7) is 4.01. The van der Waals surface area contributed by atoms with E-state index in [-0.39, 0.29) is 5.75 Å². The Hall–Kier alpha value is -3.38. The maximum atomic E-state index is 12.6. The van der Waals surface area contributed by atoms with Gasteiger partial charge in [0, 0.05) is 10.0 Å². The molecule has 0 unspecified atom stereocenters. The number of allylic oxidation sites excluding steroid dienone is 1. The van der Waals surface area contributed by atoms with Gasteiger partial charge in [0.1, 0.15) is 18.1 Å². The Balaban J connectivity index is 1.67. The molecule has 152 valence electrons. The summed E-state index contributed by atoms with van der Waals surface area (Å²) in [4.78, 5) is 12.6. The van der Waals surface area contributed by atoms with Gasteiger partial charge in [-0.15, -0.1) is 6.58 Å². The first kappa shape index (κ1) is 21.3. The smallest absolute Gasteiger partial charge is 0.275 e. The minimum atomic E-state index is -0.403. The molecule has 3 aromatic carbocycles. The molecular weight excluding hydrogens is 444 g/mol. The quantitative estimate of drug-likeness (QED) is 0.272. The lowest BCUT2D eigenvalue weighted by Gasteiger charge is -2.10. The third-order valence-corrected chi connectivity index (χ3v) is 4.85. The predicted octanol–water partition coefficient (Wildman–Crippen LogP) is 5.23. The summed E-state index contributed by atoms with van der Waals surface area (Å²) in [7, 11) is 0. The van der Waals surface area contributed by atoms with Gasteiger partial charge in [0.15, 0.2) is 0 Å². The molecule has 3 aromatic rings. The fourth-order valence-corrected chi connectivity index (χ4v) is 3.04. The van der Waals surface area contributed by atoms with Gasteiger partial charge in [-0.05, 0) is 47.9 Å². The maximum absolute atomic E-state index is 12.6. The molecule has 0 aromatic heterocycles. The Bertz CT molecular complexity index is 1060. The second-order valence-electron chi connectivity index (χ2n) is 6.46. The van der Waals surface area contributed by atoms with E-state index in [2.05, 4.69) is 33.0 Å². The van der Waals surface area contributed by atoms with Crippen molar-refractivity contribution in [2.75, 3.05) is 0 Å². The van der Waals surface area contributed by atoms with Crippen LogP contribution in [0.15, 0.2) is 89.0 Å². The third-order valence-electron chi connectivity index (χ3n) is 4.32. The molecule has 1 amide bonds. The zero-order chi connectivity index (χ0) is 21.3. The molecule has 30 heavy (non-hydrogen) atoms. The summed E-state index contributed by atoms with van der Waals surface area (Å²) in [5, 5.41) is 14.2. The Labute approximate surface area is 183 Å². The molecule has 0 bridgehead atoms. The molecule has 6 heteroatoms. The van der Waals surface area contributed by atoms with Crippen LogP contribution in [0.3, 0.4) is 0 Å². The van der Waals surface area contributed by atoms with E-state index in [1.54, 1.807) is 36.4 Å². The highest BCUT2D eigenvalue weighted by molar-refractivity contribution is 9.10. The zero-order valence-corrected chi connectivity index (χ0v) is 17.8. The van der Waals surface area contributed by atoms with E-state index in [0.717, 1.165) is 15.6 Å². The number of hydrogen-bond donors (Lipinski definition) is 2. The molecule has 5 nitrogen and oxygen atoms in total. The Morgan fingerprint density at radius 3 is 2.63 bits per heavy atom. The summed E-state index contributed by atoms with van der Waals surface area (Å²) < 4.78 is 6.82. The second kappa shape index (κ2) is 10.4. The number of para-hydroxylation sites is 2. The number of amides is 1. The van der Waals surface area contributed by atoms with Crippen LogP contribution in [-0.2, 0) is 13.0 Å². The number of nitrogens with one attached hydrogen (secondary N) is 1. The van der Waals surface area contributed by atoms with Crippen LogP contribution < -0.4 is 10.2 Å². The molecular formula is C24H21BrN2O3. The van der Waals surface area contributed by atoms with Gasteiger partial charge in [0.05, 0.1) is 11.8 Å². The average Bonchev–Trinajstić information content (AvgIpc) is 2.76. The number of benzene rings is 3. The van der Waals surface area contributed by atoms with Crippen LogP contribution in [0.2, 0.25) is 0 Å². The van der Waals surface area contributed by atoms with Gasteiger partial charge < -0.3 is 9.84 Å². The van der Waals surface area contributed by atoms with Crippen molar-refractivity contribution in [3.8, 4) is 11.5 Å². The average molecular weight is 465 g/mol. The van der Waals surface area contributed by atoms with E-state index in [9.17, 15) is 9.90 Å². The van der Waals surface area contributed by atoms with Crippen LogP contribution >= 0.6 is 15.9 Å². The van der Waals surface area contributed by atoms with Crippen molar-refractivity contribution >= 4 is 28.1 Å². The first-order chi connectivity index (χ1) is 14.6. The van der Waals surface area contributed by atoms with E-state index in [1.807, 2.05) is 36.4 Å². The van der Waals surface area contributed by atoms with E-state index in [1.165, 1.54) is 6.21 Å². The lowest BCUT2D eigenvalue weighted by molar-refractivity contribution is 0.0950. The number of hydrogen-bond acceptors (Lipinski definition) is 4. The van der Waals surface area contributed by atoms with Crippen molar-refractivity contribution in [2.45, 2.75) is 13.0 Å². The molecule has 0 heterocycles. The van der Waals surface area contributed by atoms with Crippen LogP contribution in [0.25, 0.3) is 0 Å². The lowest BCUT2D eigenvalue weighted by Crippen LogP contribution is -2.18. The van der Waals surface area contributed by atoms with Gasteiger partial charge in [0.2, 0.25) is 0 Å².